The van der Waals surface area contributed by atoms with E-state index < -0.39 is 6.04 Å². The van der Waals surface area contributed by atoms with Crippen molar-refractivity contribution in [3.8, 4) is 6.07 Å². The van der Waals surface area contributed by atoms with Crippen LogP contribution in [0.5, 0.6) is 0 Å². The fourth-order valence-corrected chi connectivity index (χ4v) is 1.96. The van der Waals surface area contributed by atoms with Crippen molar-refractivity contribution in [2.45, 2.75) is 12.5 Å². The van der Waals surface area contributed by atoms with Crippen LogP contribution in [0, 0.1) is 16.5 Å². The Morgan fingerprint density at radius 3 is 2.43 bits per heavy atom. The zero-order valence-electron chi connectivity index (χ0n) is 12.1. The number of carbonyl (C=O) groups is 1. The summed E-state index contributed by atoms with van der Waals surface area (Å²) < 4.78 is 0. The molecule has 0 saturated heterocycles. The van der Waals surface area contributed by atoms with Gasteiger partial charge >= 0.3 is 0 Å². The third kappa shape index (κ3) is 4.79. The number of carbonyl (C=O) groups excluding carboxylic acids is 1. The molecule has 2 aromatic rings. The number of nitrogens with one attached hydrogen (secondary N) is 2. The van der Waals surface area contributed by atoms with Crippen molar-refractivity contribution >= 4 is 11.6 Å². The van der Waals surface area contributed by atoms with Crippen LogP contribution >= 0.6 is 0 Å². The van der Waals surface area contributed by atoms with E-state index in [1.807, 2.05) is 36.4 Å². The van der Waals surface area contributed by atoms with Crippen LogP contribution < -0.4 is 16.1 Å². The lowest BCUT2D eigenvalue weighted by atomic mass is 10.1. The smallest absolute Gasteiger partial charge is 0.238 e. The van der Waals surface area contributed by atoms with Gasteiger partial charge in [-0.25, -0.2) is 5.43 Å². The summed E-state index contributed by atoms with van der Waals surface area (Å²) in [5.74, 6) is -0.269. The molecule has 0 bridgehead atoms. The van der Waals surface area contributed by atoms with Crippen LogP contribution in [0.4, 0.5) is 5.69 Å². The Balaban J connectivity index is 1.92. The van der Waals surface area contributed by atoms with Crippen molar-refractivity contribution in [1.29, 1.82) is 5.26 Å². The van der Waals surface area contributed by atoms with Gasteiger partial charge in [0.1, 0.15) is 6.04 Å². The largest absolute Gasteiger partial charge is 0.733 e. The van der Waals surface area contributed by atoms with Gasteiger partial charge in [0.25, 0.3) is 0 Å². The highest BCUT2D eigenvalue weighted by Crippen LogP contribution is 2.17. The van der Waals surface area contributed by atoms with Gasteiger partial charge in [-0.1, -0.05) is 42.5 Å². The molecule has 2 aromatic carbocycles. The summed E-state index contributed by atoms with van der Waals surface area (Å²) in [6.45, 7) is 0. The molecule has 0 fully saturated rings. The molecular weight excluding hydrogens is 296 g/mol. The molecule has 1 amide bonds. The van der Waals surface area contributed by atoms with Crippen molar-refractivity contribution in [1.82, 2.24) is 10.9 Å². The summed E-state index contributed by atoms with van der Waals surface area (Å²) >= 11 is 0. The van der Waals surface area contributed by atoms with Crippen LogP contribution in [0.1, 0.15) is 17.2 Å². The minimum atomic E-state index is -0.775. The van der Waals surface area contributed by atoms with Crippen molar-refractivity contribution < 1.29 is 10.0 Å². The Morgan fingerprint density at radius 1 is 1.22 bits per heavy atom. The Hall–Kier alpha value is -2.92. The van der Waals surface area contributed by atoms with Gasteiger partial charge in [0.2, 0.25) is 5.91 Å². The van der Waals surface area contributed by atoms with Crippen LogP contribution in [0.3, 0.4) is 0 Å². The molecule has 23 heavy (non-hydrogen) atoms. The van der Waals surface area contributed by atoms with E-state index in [1.165, 1.54) is 24.3 Å². The lowest BCUT2D eigenvalue weighted by molar-refractivity contribution is -0.121. The van der Waals surface area contributed by atoms with E-state index in [1.54, 1.807) is 0 Å². The highest BCUT2D eigenvalue weighted by molar-refractivity contribution is 5.78. The van der Waals surface area contributed by atoms with E-state index in [4.69, 9.17) is 5.21 Å². The summed E-state index contributed by atoms with van der Waals surface area (Å²) in [6.07, 6.45) is 0.195. The Bertz CT molecular complexity index is 681. The standard InChI is InChI=1S/C16H15N4O3/c17-11-15(13-6-8-14(9-7-13)20(22)23)18-19-16(21)10-12-4-2-1-3-5-12/h1-9,15,18,22H,10H2,(H,19,21)/q-1. The first kappa shape index (κ1) is 16.5. The maximum atomic E-state index is 11.8. The fraction of sp³-hybridized carbons (Fsp3) is 0.125. The minimum absolute atomic E-state index is 0.0542. The molecular formula is C16H15N4O3-. The van der Waals surface area contributed by atoms with Crippen molar-refractivity contribution in [3.63, 3.8) is 0 Å². The molecule has 0 heterocycles. The topological polar surface area (TPSA) is 111 Å². The second-order valence-corrected chi connectivity index (χ2v) is 4.78. The van der Waals surface area contributed by atoms with Crippen molar-refractivity contribution in [2.75, 3.05) is 5.23 Å². The Labute approximate surface area is 133 Å². The molecule has 2 rings (SSSR count). The SMILES string of the molecule is N#CC(NNC(=O)Cc1ccccc1)c1ccc(N([O-])O)cc1. The highest BCUT2D eigenvalue weighted by Gasteiger charge is 2.11. The van der Waals surface area contributed by atoms with Gasteiger partial charge in [0.05, 0.1) is 18.2 Å². The number of benzene rings is 2. The van der Waals surface area contributed by atoms with E-state index >= 15 is 0 Å². The number of hydrogen-bond acceptors (Lipinski definition) is 6. The quantitative estimate of drug-likeness (QED) is 0.701. The van der Waals surface area contributed by atoms with Crippen LogP contribution in [0.2, 0.25) is 0 Å². The lowest BCUT2D eigenvalue weighted by Crippen LogP contribution is -2.40. The number of amides is 1. The number of nitrogens with zero attached hydrogens (tertiary/aromatic N) is 2. The molecule has 0 aromatic heterocycles. The summed E-state index contributed by atoms with van der Waals surface area (Å²) in [5.41, 5.74) is 6.60. The molecule has 0 aliphatic rings. The zero-order chi connectivity index (χ0) is 16.7. The summed E-state index contributed by atoms with van der Waals surface area (Å²) in [4.78, 5) is 11.8. The number of anilines is 1. The highest BCUT2D eigenvalue weighted by atomic mass is 16.8. The van der Waals surface area contributed by atoms with Crippen LogP contribution in [0.15, 0.2) is 54.6 Å². The first-order valence-electron chi connectivity index (χ1n) is 6.84. The molecule has 3 N–H and O–H groups in total. The predicted octanol–water partition coefficient (Wildman–Crippen LogP) is 1.81. The molecule has 0 radical (unpaired) electrons. The molecule has 118 valence electrons. The fourth-order valence-electron chi connectivity index (χ4n) is 1.96. The monoisotopic (exact) mass is 311 g/mol. The van der Waals surface area contributed by atoms with Crippen LogP contribution in [0.25, 0.3) is 0 Å². The molecule has 0 aliphatic carbocycles. The third-order valence-corrected chi connectivity index (χ3v) is 3.14. The maximum absolute atomic E-state index is 11.8. The van der Waals surface area contributed by atoms with Gasteiger partial charge in [-0.05, 0) is 23.3 Å². The first-order chi connectivity index (χ1) is 11.1. The van der Waals surface area contributed by atoms with Crippen LogP contribution in [-0.4, -0.2) is 11.1 Å². The zero-order valence-corrected chi connectivity index (χ0v) is 12.1. The second-order valence-electron chi connectivity index (χ2n) is 4.78. The van der Waals surface area contributed by atoms with Gasteiger partial charge in [0.15, 0.2) is 0 Å². The lowest BCUT2D eigenvalue weighted by Gasteiger charge is -2.22. The number of hydrogen-bond donors (Lipinski definition) is 3. The molecule has 0 spiro atoms. The van der Waals surface area contributed by atoms with Gasteiger partial charge in [-0.3, -0.25) is 15.4 Å². The normalized spacial score (nSPS) is 11.3. The summed E-state index contributed by atoms with van der Waals surface area (Å²) in [6, 6.07) is 16.2. The van der Waals surface area contributed by atoms with Crippen LogP contribution in [-0.2, 0) is 11.2 Å². The van der Waals surface area contributed by atoms with E-state index in [2.05, 4.69) is 10.9 Å². The molecule has 7 nitrogen and oxygen atoms in total. The molecule has 1 unspecified atom stereocenters. The van der Waals surface area contributed by atoms with E-state index in [9.17, 15) is 15.3 Å². The average Bonchev–Trinajstić information content (AvgIpc) is 2.56. The summed E-state index contributed by atoms with van der Waals surface area (Å²) in [7, 11) is 0. The van der Waals surface area contributed by atoms with Crippen molar-refractivity contribution in [3.05, 3.63) is 70.9 Å². The van der Waals surface area contributed by atoms with E-state index in [0.717, 1.165) is 5.56 Å². The molecule has 0 saturated carbocycles. The number of rotatable bonds is 6. The Morgan fingerprint density at radius 2 is 1.87 bits per heavy atom. The molecule has 1 atom stereocenters. The van der Waals surface area contributed by atoms with E-state index in [0.29, 0.717) is 5.56 Å². The molecule has 7 heteroatoms. The van der Waals surface area contributed by atoms with Gasteiger partial charge in [0, 0.05) is 0 Å². The minimum Gasteiger partial charge on any atom is -0.733 e. The first-order valence-corrected chi connectivity index (χ1v) is 6.84. The number of nitriles is 1. The number of hydrazine groups is 1. The average molecular weight is 311 g/mol. The maximum Gasteiger partial charge on any atom is 0.238 e. The van der Waals surface area contributed by atoms with Crippen molar-refractivity contribution in [2.24, 2.45) is 0 Å². The van der Waals surface area contributed by atoms with Gasteiger partial charge < -0.3 is 10.4 Å². The van der Waals surface area contributed by atoms with Gasteiger partial charge in [-0.2, -0.15) is 5.26 Å². The predicted molar refractivity (Wildman–Crippen MR) is 83.9 cm³/mol. The summed E-state index contributed by atoms with van der Waals surface area (Å²) in [5, 5.41) is 28.4. The van der Waals surface area contributed by atoms with E-state index in [-0.39, 0.29) is 23.2 Å². The third-order valence-electron chi connectivity index (χ3n) is 3.14. The second kappa shape index (κ2) is 7.91. The Kier molecular flexibility index (Phi) is 5.66. The van der Waals surface area contributed by atoms with Gasteiger partial charge in [-0.15, -0.1) is 0 Å². The molecule has 0 aliphatic heterocycles.